The first-order valence-corrected chi connectivity index (χ1v) is 15.1. The number of esters is 1. The van der Waals surface area contributed by atoms with Crippen molar-refractivity contribution < 1.29 is 22.7 Å². The first-order chi connectivity index (χ1) is 18.2. The van der Waals surface area contributed by atoms with Crippen molar-refractivity contribution in [3.8, 4) is 0 Å². The number of hydrogen-bond donors (Lipinski definition) is 1. The average Bonchev–Trinajstić information content (AvgIpc) is 3.55. The molecular weight excluding hydrogens is 506 g/mol. The zero-order valence-corrected chi connectivity index (χ0v) is 22.5. The van der Waals surface area contributed by atoms with E-state index in [4.69, 9.17) is 4.74 Å². The Labute approximate surface area is 222 Å². The Morgan fingerprint density at radius 1 is 1.21 bits per heavy atom. The van der Waals surface area contributed by atoms with Crippen molar-refractivity contribution in [1.29, 1.82) is 0 Å². The van der Waals surface area contributed by atoms with E-state index in [2.05, 4.69) is 19.8 Å². The number of benzene rings is 1. The van der Waals surface area contributed by atoms with Crippen LogP contribution in [0.5, 0.6) is 0 Å². The lowest BCUT2D eigenvalue weighted by atomic mass is 9.73. The second kappa shape index (κ2) is 10.4. The summed E-state index contributed by atoms with van der Waals surface area (Å²) in [5.74, 6) is -0.588. The van der Waals surface area contributed by atoms with Gasteiger partial charge in [0.15, 0.2) is 11.6 Å². The Bertz CT molecular complexity index is 1410. The van der Waals surface area contributed by atoms with Crippen LogP contribution in [0.3, 0.4) is 0 Å². The fourth-order valence-corrected chi connectivity index (χ4v) is 6.47. The molecule has 11 heteroatoms. The minimum Gasteiger partial charge on any atom is -0.458 e. The van der Waals surface area contributed by atoms with E-state index >= 15 is 0 Å². The van der Waals surface area contributed by atoms with Crippen molar-refractivity contribution in [1.82, 2.24) is 19.6 Å². The van der Waals surface area contributed by atoms with Crippen LogP contribution in [0.2, 0.25) is 0 Å². The number of sulfonamides is 1. The topological polar surface area (TPSA) is 133 Å². The maximum atomic E-state index is 13.4. The Morgan fingerprint density at radius 3 is 2.68 bits per heavy atom. The van der Waals surface area contributed by atoms with Crippen LogP contribution >= 0.6 is 0 Å². The monoisotopic (exact) mass is 539 g/mol. The molecule has 2 atom stereocenters. The number of ketones is 1. The molecular formula is C27H33N5O5S. The maximum Gasteiger partial charge on any atom is 0.317 e. The molecule has 1 saturated heterocycles. The van der Waals surface area contributed by atoms with E-state index in [1.54, 1.807) is 24.5 Å². The van der Waals surface area contributed by atoms with Crippen molar-refractivity contribution in [2.24, 2.45) is 11.8 Å². The number of Topliss-reactive ketones (excluding diaryl/α,β-unsaturated/α-hetero) is 1. The van der Waals surface area contributed by atoms with Crippen LogP contribution in [0.15, 0.2) is 36.7 Å². The van der Waals surface area contributed by atoms with E-state index in [-0.39, 0.29) is 24.5 Å². The van der Waals surface area contributed by atoms with Gasteiger partial charge in [-0.25, -0.2) is 17.9 Å². The number of aryl methyl sites for hydroxylation is 2. The van der Waals surface area contributed by atoms with Gasteiger partial charge in [0.05, 0.1) is 11.9 Å². The molecule has 0 bridgehead atoms. The number of cyclic esters (lactones) is 1. The highest BCUT2D eigenvalue weighted by molar-refractivity contribution is 7.92. The highest BCUT2D eigenvalue weighted by atomic mass is 32.2. The van der Waals surface area contributed by atoms with Gasteiger partial charge in [-0.2, -0.15) is 4.98 Å². The molecule has 38 heavy (non-hydrogen) atoms. The molecule has 1 aromatic carbocycles. The van der Waals surface area contributed by atoms with Gasteiger partial charge < -0.3 is 4.74 Å². The van der Waals surface area contributed by atoms with Gasteiger partial charge >= 0.3 is 5.97 Å². The molecule has 2 unspecified atom stereocenters. The molecule has 3 heterocycles. The quantitative estimate of drug-likeness (QED) is 0.324. The first kappa shape index (κ1) is 26.3. The molecule has 2 fully saturated rings. The highest BCUT2D eigenvalue weighted by Crippen LogP contribution is 2.45. The molecule has 2 aliphatic rings. The maximum absolute atomic E-state index is 13.4. The standard InChI is InChI=1S/C27H33N5O5S/c1-3-19-15-18(9-10-22(19)31-38(2,35)36)11-12-27(20-7-4-5-8-20)17-23(33)21(25(34)37-27)16-24-29-26-28-13-6-14-32(26)30-24/h6,9-10,13-15,20-21,31H,3-5,7-8,11-12,16-17H2,1-2H3. The molecule has 1 aliphatic carbocycles. The average molecular weight is 540 g/mol. The lowest BCUT2D eigenvalue weighted by molar-refractivity contribution is -0.185. The van der Waals surface area contributed by atoms with Crippen LogP contribution in [-0.2, 0) is 43.6 Å². The van der Waals surface area contributed by atoms with Gasteiger partial charge in [-0.05, 0) is 61.3 Å². The molecule has 1 N–H and O–H groups in total. The lowest BCUT2D eigenvalue weighted by Gasteiger charge is -2.43. The van der Waals surface area contributed by atoms with Crippen LogP contribution in [0.1, 0.15) is 62.4 Å². The molecule has 202 valence electrons. The summed E-state index contributed by atoms with van der Waals surface area (Å²) < 4.78 is 33.8. The van der Waals surface area contributed by atoms with Gasteiger partial charge in [0.1, 0.15) is 11.5 Å². The first-order valence-electron chi connectivity index (χ1n) is 13.2. The number of rotatable bonds is 9. The fourth-order valence-electron chi connectivity index (χ4n) is 5.87. The third-order valence-corrected chi connectivity index (χ3v) is 8.37. The summed E-state index contributed by atoms with van der Waals surface area (Å²) in [4.78, 5) is 35.2. The summed E-state index contributed by atoms with van der Waals surface area (Å²) in [6.45, 7) is 1.97. The lowest BCUT2D eigenvalue weighted by Crippen LogP contribution is -2.52. The van der Waals surface area contributed by atoms with E-state index in [1.165, 1.54) is 4.52 Å². The molecule has 0 amide bonds. The second-order valence-corrected chi connectivity index (χ2v) is 12.2. The van der Waals surface area contributed by atoms with Crippen molar-refractivity contribution in [2.75, 3.05) is 11.0 Å². The normalized spacial score (nSPS) is 22.6. The third kappa shape index (κ3) is 5.57. The molecule has 1 saturated carbocycles. The molecule has 2 aromatic heterocycles. The van der Waals surface area contributed by atoms with Gasteiger partial charge in [-0.1, -0.05) is 31.9 Å². The number of aromatic nitrogens is 4. The molecule has 5 rings (SSSR count). The summed E-state index contributed by atoms with van der Waals surface area (Å²) in [5.41, 5.74) is 1.66. The molecule has 0 spiro atoms. The van der Waals surface area contributed by atoms with Crippen LogP contribution in [-0.4, -0.2) is 51.6 Å². The van der Waals surface area contributed by atoms with Crippen molar-refractivity contribution in [3.05, 3.63) is 53.6 Å². The van der Waals surface area contributed by atoms with Gasteiger partial charge in [-0.3, -0.25) is 14.3 Å². The fraction of sp³-hybridized carbons (Fsp3) is 0.519. The minimum atomic E-state index is -3.38. The van der Waals surface area contributed by atoms with E-state index in [9.17, 15) is 18.0 Å². The number of nitrogens with one attached hydrogen (secondary N) is 1. The predicted molar refractivity (Wildman–Crippen MR) is 141 cm³/mol. The van der Waals surface area contributed by atoms with Crippen LogP contribution < -0.4 is 4.72 Å². The zero-order chi connectivity index (χ0) is 26.9. The third-order valence-electron chi connectivity index (χ3n) is 7.78. The van der Waals surface area contributed by atoms with E-state index in [0.717, 1.165) is 43.1 Å². The zero-order valence-electron chi connectivity index (χ0n) is 21.7. The van der Waals surface area contributed by atoms with Crippen LogP contribution in [0.4, 0.5) is 5.69 Å². The smallest absolute Gasteiger partial charge is 0.317 e. The van der Waals surface area contributed by atoms with Gasteiger partial charge in [0.2, 0.25) is 10.0 Å². The molecule has 1 aliphatic heterocycles. The van der Waals surface area contributed by atoms with E-state index in [1.807, 2.05) is 19.1 Å². The number of hydrogen-bond acceptors (Lipinski definition) is 8. The van der Waals surface area contributed by atoms with Crippen LogP contribution in [0, 0.1) is 11.8 Å². The van der Waals surface area contributed by atoms with Crippen LogP contribution in [0.25, 0.3) is 5.78 Å². The summed E-state index contributed by atoms with van der Waals surface area (Å²) >= 11 is 0. The number of fused-ring (bicyclic) bond motifs is 1. The number of ether oxygens (including phenoxy) is 1. The second-order valence-electron chi connectivity index (χ2n) is 10.5. The summed E-state index contributed by atoms with van der Waals surface area (Å²) in [6, 6.07) is 7.41. The molecule has 0 radical (unpaired) electrons. The van der Waals surface area contributed by atoms with E-state index < -0.39 is 27.5 Å². The van der Waals surface area contributed by atoms with E-state index in [0.29, 0.717) is 36.6 Å². The van der Waals surface area contributed by atoms with Gasteiger partial charge in [0.25, 0.3) is 5.78 Å². The minimum absolute atomic E-state index is 0.0937. The Hall–Kier alpha value is -3.34. The predicted octanol–water partition coefficient (Wildman–Crippen LogP) is 3.29. The SMILES string of the molecule is CCc1cc(CCC2(C3CCCC3)CC(=O)C(Cc3nc4ncccn4n3)C(=O)O2)ccc1NS(C)(=O)=O. The number of carbonyl (C=O) groups excluding carboxylic acids is 2. The summed E-state index contributed by atoms with van der Waals surface area (Å²) in [6.07, 6.45) is 10.6. The number of nitrogens with zero attached hydrogens (tertiary/aromatic N) is 4. The van der Waals surface area contributed by atoms with Crippen molar-refractivity contribution in [2.45, 2.75) is 70.3 Å². The highest BCUT2D eigenvalue weighted by Gasteiger charge is 2.51. The Balaban J connectivity index is 1.34. The van der Waals surface area contributed by atoms with Crippen molar-refractivity contribution >= 4 is 33.2 Å². The number of carbonyl (C=O) groups is 2. The largest absolute Gasteiger partial charge is 0.458 e. The van der Waals surface area contributed by atoms with Gasteiger partial charge in [-0.15, -0.1) is 5.10 Å². The molecule has 3 aromatic rings. The summed E-state index contributed by atoms with van der Waals surface area (Å²) in [5, 5.41) is 4.35. The van der Waals surface area contributed by atoms with Gasteiger partial charge in [0, 0.05) is 25.2 Å². The number of anilines is 1. The van der Waals surface area contributed by atoms with Crippen molar-refractivity contribution in [3.63, 3.8) is 0 Å². The molecule has 10 nitrogen and oxygen atoms in total. The summed E-state index contributed by atoms with van der Waals surface area (Å²) in [7, 11) is -3.38. The Kier molecular flexibility index (Phi) is 7.21. The Morgan fingerprint density at radius 2 is 2.00 bits per heavy atom.